The van der Waals surface area contributed by atoms with Gasteiger partial charge in [-0.15, -0.1) is 35.9 Å². The molecular formula is C65H83ArClO3W-. The van der Waals surface area contributed by atoms with Crippen molar-refractivity contribution in [2.45, 2.75) is 127 Å². The van der Waals surface area contributed by atoms with Crippen LogP contribution < -0.4 is 0 Å². The normalized spacial score (nSPS) is 10.9. The Labute approximate surface area is 473 Å². The third-order valence-corrected chi connectivity index (χ3v) is 14.9. The number of hydrogen-bond acceptors (Lipinski definition) is 2. The molecular weight excluding hydrogens is 1090 g/mol. The summed E-state index contributed by atoms with van der Waals surface area (Å²) in [6.45, 7) is 35.3. The van der Waals surface area contributed by atoms with E-state index in [1.807, 2.05) is 86.6 Å². The van der Waals surface area contributed by atoms with Crippen molar-refractivity contribution in [3.8, 4) is 50.3 Å². The van der Waals surface area contributed by atoms with Crippen molar-refractivity contribution >= 4 is 13.8 Å². The standard InChI is InChI=1S/C19H16.C19H32.C18H13O.C5H10.C4H10O.Ar.ClH.H2O.W/c1-15-18(16-9-4-2-5-10-16)13-8-14-19(15)17-11-6-3-7-12-17;1-12(2)15-10-16(13(3)4)18(19(7,8)9)17(11-15)14(5)6;19-18-16(14-8-3-1-4-9-14)12-7-13-17(18)15-10-5-2-6-11-15;1-5(2,3)4;1-3-5-4-2;;;;/h2-14H,1H3;10-14H,1-9H3;1-10,12-13,19H;1H,2-4H3;3-4H2,1-2H3;;1H;1H2;/q;;-1;;;;;;+1/p-1. The van der Waals surface area contributed by atoms with Crippen LogP contribution in [-0.2, 0) is 27.2 Å². The van der Waals surface area contributed by atoms with Gasteiger partial charge in [0.2, 0.25) is 0 Å². The fraction of sp³-hybridized carbons (Fsp3) is 0.338. The zero-order chi connectivity index (χ0) is 51.1. The maximum Gasteiger partial charge on any atom is 0.0898 e. The topological polar surface area (TPSA) is 61.0 Å². The molecule has 0 unspecified atom stereocenters. The number of phenolic OH excluding ortho intramolecular Hbond substituents is 1. The van der Waals surface area contributed by atoms with Gasteiger partial charge in [-0.2, -0.15) is 0 Å². The summed E-state index contributed by atoms with van der Waals surface area (Å²) in [6.07, 6.45) is 0. The van der Waals surface area contributed by atoms with Gasteiger partial charge in [-0.1, -0.05) is 207 Å². The molecule has 0 amide bonds. The van der Waals surface area contributed by atoms with Crippen LogP contribution in [0.4, 0.5) is 0 Å². The molecule has 71 heavy (non-hydrogen) atoms. The van der Waals surface area contributed by atoms with Crippen LogP contribution in [0.3, 0.4) is 0 Å². The molecule has 0 saturated carbocycles. The Bertz CT molecular complexity index is 2290. The van der Waals surface area contributed by atoms with Gasteiger partial charge in [0.15, 0.2) is 0 Å². The Morgan fingerprint density at radius 3 is 1.27 bits per heavy atom. The predicted octanol–water partition coefficient (Wildman–Crippen LogP) is 18.5. The Kier molecular flexibility index (Phi) is 30.6. The molecule has 0 atom stereocenters. The van der Waals surface area contributed by atoms with Crippen molar-refractivity contribution in [1.29, 1.82) is 0 Å². The number of para-hydroxylation sites is 1. The Balaban J connectivity index is 0.000000471. The third-order valence-electron chi connectivity index (χ3n) is 11.3. The van der Waals surface area contributed by atoms with Gasteiger partial charge in [0, 0.05) is 56.5 Å². The average Bonchev–Trinajstić information content (AvgIpc) is 3.33. The molecule has 7 aromatic carbocycles. The molecule has 0 fully saturated rings. The van der Waals surface area contributed by atoms with Gasteiger partial charge in [0.25, 0.3) is 0 Å². The third kappa shape index (κ3) is 21.8. The summed E-state index contributed by atoms with van der Waals surface area (Å²) in [5, 5.41) is 10.5. The van der Waals surface area contributed by atoms with Crippen LogP contribution in [0.1, 0.15) is 143 Å². The van der Waals surface area contributed by atoms with Crippen molar-refractivity contribution in [2.75, 3.05) is 13.2 Å². The second kappa shape index (κ2) is 33.2. The summed E-state index contributed by atoms with van der Waals surface area (Å²) < 4.78 is 7.08. The van der Waals surface area contributed by atoms with Gasteiger partial charge in [-0.25, -0.2) is 0 Å². The maximum atomic E-state index is 10.5. The van der Waals surface area contributed by atoms with Crippen LogP contribution in [0, 0.1) is 56.1 Å². The minimum Gasteiger partial charge on any atom is -0.516 e. The number of hydrogen-bond donors (Lipinski definition) is 1. The van der Waals surface area contributed by atoms with Gasteiger partial charge in [0.1, 0.15) is 0 Å². The molecule has 3 N–H and O–H groups in total. The zero-order valence-electron chi connectivity index (χ0n) is 45.3. The van der Waals surface area contributed by atoms with Gasteiger partial charge >= 0.3 is 57.1 Å². The number of aromatic hydroxyl groups is 1. The number of halogens is 1. The largest absolute Gasteiger partial charge is 0.516 e. The molecule has 0 heterocycles. The van der Waals surface area contributed by atoms with E-state index >= 15 is 0 Å². The van der Waals surface area contributed by atoms with Gasteiger partial charge in [0.05, 0.1) is 5.75 Å². The summed E-state index contributed by atoms with van der Waals surface area (Å²) >= 11 is -0.543. The van der Waals surface area contributed by atoms with Crippen LogP contribution >= 0.6 is 9.42 Å². The molecule has 0 aliphatic heterocycles. The first-order valence-electron chi connectivity index (χ1n) is 24.7. The number of rotatable bonds is 9. The minimum atomic E-state index is -0.543. The monoisotopic (exact) mass is 1170 g/mol. The number of benzene rings is 7. The fourth-order valence-electron chi connectivity index (χ4n) is 7.83. The van der Waals surface area contributed by atoms with E-state index in [1.165, 1.54) is 33.4 Å². The molecule has 0 bridgehead atoms. The van der Waals surface area contributed by atoms with Crippen molar-refractivity contribution < 1.29 is 70.1 Å². The molecule has 7 rings (SSSR count). The van der Waals surface area contributed by atoms with E-state index in [1.54, 1.807) is 16.7 Å². The molecule has 0 aliphatic rings. The minimum absolute atomic E-state index is 0. The molecule has 3 nitrogen and oxygen atoms in total. The molecule has 383 valence electrons. The second-order valence-corrected chi connectivity index (χ2v) is 23.1. The van der Waals surface area contributed by atoms with E-state index in [-0.39, 0.29) is 48.6 Å². The van der Waals surface area contributed by atoms with Crippen molar-refractivity contribution in [3.05, 3.63) is 198 Å². The average molecular weight is 1170 g/mol. The molecule has 0 spiro atoms. The van der Waals surface area contributed by atoms with E-state index in [0.717, 1.165) is 35.5 Å². The quantitative estimate of drug-likeness (QED) is 0.146. The van der Waals surface area contributed by atoms with Gasteiger partial charge in [-0.05, 0) is 99.6 Å². The first kappa shape index (κ1) is 65.4. The molecule has 0 aromatic heterocycles. The molecule has 0 radical (unpaired) electrons. The van der Waals surface area contributed by atoms with Gasteiger partial charge < -0.3 is 15.3 Å². The van der Waals surface area contributed by atoms with Crippen molar-refractivity contribution in [2.24, 2.45) is 5.41 Å². The van der Waals surface area contributed by atoms with E-state index in [0.29, 0.717) is 28.9 Å². The fourth-order valence-corrected chi connectivity index (χ4v) is 11.0. The Morgan fingerprint density at radius 1 is 0.563 bits per heavy atom. The van der Waals surface area contributed by atoms with E-state index in [4.69, 9.17) is 14.2 Å². The van der Waals surface area contributed by atoms with Crippen LogP contribution in [0.15, 0.2) is 164 Å². The summed E-state index contributed by atoms with van der Waals surface area (Å²) in [5.74, 6) is 2.08. The number of ether oxygens (including phenoxy) is 1. The maximum absolute atomic E-state index is 10.5. The van der Waals surface area contributed by atoms with Crippen LogP contribution in [-0.4, -0.2) is 28.2 Å². The van der Waals surface area contributed by atoms with E-state index < -0.39 is 17.1 Å². The van der Waals surface area contributed by atoms with Crippen LogP contribution in [0.25, 0.3) is 44.5 Å². The molecule has 0 aliphatic carbocycles. The van der Waals surface area contributed by atoms with Crippen molar-refractivity contribution in [3.63, 3.8) is 0 Å². The molecule has 7 aromatic rings. The summed E-state index contributed by atoms with van der Waals surface area (Å²) in [6, 6.07) is 59.0. The predicted molar refractivity (Wildman–Crippen MR) is 304 cm³/mol. The van der Waals surface area contributed by atoms with E-state index in [2.05, 4.69) is 191 Å². The molecule has 6 heteroatoms. The number of phenols is 1. The SMILES string of the molecule is CC(C)(C)[CH]=[W][Cl].CC(C)c1cc(C(C)C)c(C(C)(C)C)c(C(C)C)c1.CCOCC.Cc1c(-c2ccccc2)cccc1-c1ccccc1.O.Oc1c(-c2[c-]cccc2)cccc1-c1ccccc1.[Ar]. The van der Waals surface area contributed by atoms with E-state index in [9.17, 15) is 5.11 Å². The Morgan fingerprint density at radius 2 is 0.958 bits per heavy atom. The summed E-state index contributed by atoms with van der Waals surface area (Å²) in [7, 11) is 5.60. The van der Waals surface area contributed by atoms with Crippen LogP contribution in [0.5, 0.6) is 5.75 Å². The van der Waals surface area contributed by atoms with Crippen LogP contribution in [0.2, 0.25) is 0 Å². The summed E-state index contributed by atoms with van der Waals surface area (Å²) in [5.41, 5.74) is 16.8. The first-order chi connectivity index (χ1) is 32.7. The second-order valence-electron chi connectivity index (χ2n) is 20.2. The van der Waals surface area contributed by atoms with Crippen molar-refractivity contribution in [1.82, 2.24) is 0 Å². The smallest absolute Gasteiger partial charge is 0.0898 e. The first-order valence-corrected chi connectivity index (χ1v) is 30.0. The Hall–Kier alpha value is -3.63. The summed E-state index contributed by atoms with van der Waals surface area (Å²) in [4.78, 5) is 0. The van der Waals surface area contributed by atoms with Gasteiger partial charge in [-0.3, -0.25) is 0 Å². The molecule has 0 saturated heterocycles. The zero-order valence-corrected chi connectivity index (χ0v) is 49.7.